The van der Waals surface area contributed by atoms with Crippen molar-refractivity contribution in [1.82, 2.24) is 19.7 Å². The van der Waals surface area contributed by atoms with Gasteiger partial charge in [0, 0.05) is 21.6 Å². The van der Waals surface area contributed by atoms with E-state index >= 15 is 0 Å². The lowest BCUT2D eigenvalue weighted by Crippen LogP contribution is -2.22. The fourth-order valence-corrected chi connectivity index (χ4v) is 5.20. The van der Waals surface area contributed by atoms with E-state index in [-0.39, 0.29) is 5.56 Å². The van der Waals surface area contributed by atoms with Crippen molar-refractivity contribution >= 4 is 62.3 Å². The van der Waals surface area contributed by atoms with Gasteiger partial charge in [0.25, 0.3) is 5.56 Å². The summed E-state index contributed by atoms with van der Waals surface area (Å²) in [4.78, 5) is 17.5. The molecule has 0 bridgehead atoms. The van der Waals surface area contributed by atoms with Gasteiger partial charge >= 0.3 is 0 Å². The Bertz CT molecular complexity index is 1230. The molecule has 0 fully saturated rings. The van der Waals surface area contributed by atoms with Crippen LogP contribution in [0.2, 0.25) is 0 Å². The standard InChI is InChI=1S/C20H18IN5O2S2/c1-12-23-17-8-7-13(21)9-16(17)18(28)26(12)19-24-25-20(30-19)29-11-15(27)10-22-14-5-3-2-4-6-14/h2-9,15,22,27H,10-11H2,1H3. The summed E-state index contributed by atoms with van der Waals surface area (Å²) in [6, 6.07) is 15.3. The molecule has 0 amide bonds. The van der Waals surface area contributed by atoms with Gasteiger partial charge in [-0.3, -0.25) is 4.79 Å². The SMILES string of the molecule is Cc1nc2ccc(I)cc2c(=O)n1-c1nnc(SCC(O)CNc2ccccc2)s1. The summed E-state index contributed by atoms with van der Waals surface area (Å²) >= 11 is 4.91. The molecular weight excluding hydrogens is 533 g/mol. The fraction of sp³-hybridized carbons (Fsp3) is 0.200. The van der Waals surface area contributed by atoms with Crippen molar-refractivity contribution in [3.63, 3.8) is 0 Å². The molecule has 0 saturated heterocycles. The zero-order valence-corrected chi connectivity index (χ0v) is 19.7. The summed E-state index contributed by atoms with van der Waals surface area (Å²) in [6.45, 7) is 2.22. The minimum absolute atomic E-state index is 0.157. The lowest BCUT2D eigenvalue weighted by atomic mass is 10.2. The second-order valence-electron chi connectivity index (χ2n) is 6.52. The number of fused-ring (bicyclic) bond motifs is 1. The van der Waals surface area contributed by atoms with E-state index in [1.807, 2.05) is 48.5 Å². The number of aromatic nitrogens is 4. The maximum absolute atomic E-state index is 13.0. The van der Waals surface area contributed by atoms with Gasteiger partial charge in [0.15, 0.2) is 4.34 Å². The van der Waals surface area contributed by atoms with E-state index in [2.05, 4.69) is 43.1 Å². The maximum atomic E-state index is 13.0. The third kappa shape index (κ3) is 4.82. The molecule has 1 atom stereocenters. The molecule has 4 rings (SSSR count). The molecule has 10 heteroatoms. The maximum Gasteiger partial charge on any atom is 0.267 e. The lowest BCUT2D eigenvalue weighted by Gasteiger charge is -2.11. The topological polar surface area (TPSA) is 92.9 Å². The molecule has 0 spiro atoms. The Kier molecular flexibility index (Phi) is 6.66. The van der Waals surface area contributed by atoms with Crippen LogP contribution in [0.5, 0.6) is 0 Å². The van der Waals surface area contributed by atoms with Crippen molar-refractivity contribution in [2.45, 2.75) is 17.4 Å². The monoisotopic (exact) mass is 551 g/mol. The Morgan fingerprint density at radius 3 is 2.83 bits per heavy atom. The van der Waals surface area contributed by atoms with Crippen LogP contribution < -0.4 is 10.9 Å². The van der Waals surface area contributed by atoms with Crippen molar-refractivity contribution in [2.75, 3.05) is 17.6 Å². The number of rotatable bonds is 7. The highest BCUT2D eigenvalue weighted by Gasteiger charge is 2.15. The molecule has 2 aromatic heterocycles. The van der Waals surface area contributed by atoms with Crippen molar-refractivity contribution < 1.29 is 5.11 Å². The number of aliphatic hydroxyl groups is 1. The summed E-state index contributed by atoms with van der Waals surface area (Å²) in [6.07, 6.45) is -0.545. The quantitative estimate of drug-likeness (QED) is 0.267. The Morgan fingerprint density at radius 2 is 2.03 bits per heavy atom. The first kappa shape index (κ1) is 21.2. The van der Waals surface area contributed by atoms with Gasteiger partial charge in [0.1, 0.15) is 5.82 Å². The van der Waals surface area contributed by atoms with E-state index in [0.717, 1.165) is 9.26 Å². The molecule has 2 aromatic carbocycles. The van der Waals surface area contributed by atoms with Crippen molar-refractivity contribution in [2.24, 2.45) is 0 Å². The Hall–Kier alpha value is -2.02. The number of thioether (sulfide) groups is 1. The summed E-state index contributed by atoms with van der Waals surface area (Å²) in [7, 11) is 0. The van der Waals surface area contributed by atoms with Crippen LogP contribution in [0.3, 0.4) is 0 Å². The van der Waals surface area contributed by atoms with Crippen LogP contribution in [0.4, 0.5) is 5.69 Å². The number of halogens is 1. The van der Waals surface area contributed by atoms with Gasteiger partial charge in [-0.05, 0) is 59.8 Å². The summed E-state index contributed by atoms with van der Waals surface area (Å²) in [5.74, 6) is 1.03. The number of nitrogens with one attached hydrogen (secondary N) is 1. The molecule has 154 valence electrons. The van der Waals surface area contributed by atoms with E-state index in [4.69, 9.17) is 0 Å². The first-order chi connectivity index (χ1) is 14.5. The number of anilines is 1. The van der Waals surface area contributed by atoms with Gasteiger partial charge in [-0.25, -0.2) is 9.55 Å². The van der Waals surface area contributed by atoms with Gasteiger partial charge in [0.2, 0.25) is 5.13 Å². The number of aryl methyl sites for hydroxylation is 1. The van der Waals surface area contributed by atoms with Crippen molar-refractivity contribution in [3.05, 3.63) is 68.3 Å². The highest BCUT2D eigenvalue weighted by atomic mass is 127. The zero-order valence-electron chi connectivity index (χ0n) is 15.9. The second kappa shape index (κ2) is 9.41. The average Bonchev–Trinajstić information content (AvgIpc) is 3.21. The van der Waals surface area contributed by atoms with Gasteiger partial charge < -0.3 is 10.4 Å². The lowest BCUT2D eigenvalue weighted by molar-refractivity contribution is 0.213. The molecule has 4 aromatic rings. The largest absolute Gasteiger partial charge is 0.390 e. The second-order valence-corrected chi connectivity index (χ2v) is 9.99. The molecule has 2 N–H and O–H groups in total. The molecule has 2 heterocycles. The number of hydrogen-bond acceptors (Lipinski definition) is 8. The third-order valence-corrected chi connectivity index (χ3v) is 7.16. The van der Waals surface area contributed by atoms with Gasteiger partial charge in [0.05, 0.1) is 17.0 Å². The van der Waals surface area contributed by atoms with Crippen LogP contribution in [0.25, 0.3) is 16.0 Å². The number of nitrogens with zero attached hydrogens (tertiary/aromatic N) is 4. The van der Waals surface area contributed by atoms with E-state index < -0.39 is 6.10 Å². The smallest absolute Gasteiger partial charge is 0.267 e. The summed E-state index contributed by atoms with van der Waals surface area (Å²) < 4.78 is 3.16. The molecule has 30 heavy (non-hydrogen) atoms. The fourth-order valence-electron chi connectivity index (χ4n) is 2.86. The number of para-hydroxylation sites is 1. The molecule has 0 radical (unpaired) electrons. The Morgan fingerprint density at radius 1 is 1.23 bits per heavy atom. The molecule has 0 aliphatic heterocycles. The van der Waals surface area contributed by atoms with Crippen LogP contribution >= 0.6 is 45.7 Å². The molecule has 1 unspecified atom stereocenters. The van der Waals surface area contributed by atoms with Crippen LogP contribution in [0.15, 0.2) is 57.7 Å². The minimum Gasteiger partial charge on any atom is -0.390 e. The van der Waals surface area contributed by atoms with Crippen LogP contribution in [0, 0.1) is 10.5 Å². The molecular formula is C20H18IN5O2S2. The van der Waals surface area contributed by atoms with Gasteiger partial charge in [-0.2, -0.15) is 0 Å². The summed E-state index contributed by atoms with van der Waals surface area (Å²) in [5, 5.41) is 22.8. The average molecular weight is 551 g/mol. The number of benzene rings is 2. The van der Waals surface area contributed by atoms with Crippen LogP contribution in [-0.2, 0) is 0 Å². The van der Waals surface area contributed by atoms with E-state index in [1.54, 1.807) is 6.92 Å². The molecule has 0 saturated carbocycles. The van der Waals surface area contributed by atoms with Crippen LogP contribution in [-0.4, -0.2) is 43.3 Å². The first-order valence-corrected chi connectivity index (χ1v) is 12.0. The predicted octanol–water partition coefficient (Wildman–Crippen LogP) is 3.72. The minimum atomic E-state index is -0.545. The van der Waals surface area contributed by atoms with Gasteiger partial charge in [-0.15, -0.1) is 10.2 Å². The van der Waals surface area contributed by atoms with Crippen LogP contribution in [0.1, 0.15) is 5.82 Å². The van der Waals surface area contributed by atoms with Gasteiger partial charge in [-0.1, -0.05) is 41.3 Å². The zero-order chi connectivity index (χ0) is 21.1. The third-order valence-electron chi connectivity index (χ3n) is 4.30. The number of hydrogen-bond donors (Lipinski definition) is 2. The Labute approximate surface area is 194 Å². The molecule has 7 nitrogen and oxygen atoms in total. The number of aliphatic hydroxyl groups excluding tert-OH is 1. The van der Waals surface area contributed by atoms with Crippen molar-refractivity contribution in [1.29, 1.82) is 0 Å². The highest BCUT2D eigenvalue weighted by molar-refractivity contribution is 14.1. The van der Waals surface area contributed by atoms with E-state index in [9.17, 15) is 9.90 Å². The Balaban J connectivity index is 1.46. The highest BCUT2D eigenvalue weighted by Crippen LogP contribution is 2.26. The first-order valence-electron chi connectivity index (χ1n) is 9.14. The normalized spacial score (nSPS) is 12.2. The van der Waals surface area contributed by atoms with E-state index in [1.165, 1.54) is 27.7 Å². The summed E-state index contributed by atoms with van der Waals surface area (Å²) in [5.41, 5.74) is 1.48. The predicted molar refractivity (Wildman–Crippen MR) is 130 cm³/mol. The van der Waals surface area contributed by atoms with E-state index in [0.29, 0.717) is 38.5 Å². The van der Waals surface area contributed by atoms with Crippen molar-refractivity contribution in [3.8, 4) is 5.13 Å². The molecule has 0 aliphatic rings. The molecule has 0 aliphatic carbocycles.